The molecule has 0 aliphatic rings. The molecule has 0 spiro atoms. The molecule has 0 aliphatic carbocycles. The predicted octanol–water partition coefficient (Wildman–Crippen LogP) is 2.22. The second kappa shape index (κ2) is 8.42. The maximum atomic E-state index is 12.5. The van der Waals surface area contributed by atoms with Gasteiger partial charge in [-0.25, -0.2) is 0 Å². The summed E-state index contributed by atoms with van der Waals surface area (Å²) in [6.07, 6.45) is 0.0403. The lowest BCUT2D eigenvalue weighted by Gasteiger charge is -2.29. The van der Waals surface area contributed by atoms with Gasteiger partial charge in [0.25, 0.3) is 0 Å². The average Bonchev–Trinajstić information content (AvgIpc) is 2.45. The molecule has 1 atom stereocenters. The largest absolute Gasteiger partial charge is 0.481 e. The summed E-state index contributed by atoms with van der Waals surface area (Å²) in [4.78, 5) is 26.9. The molecule has 1 rings (SSSR count). The monoisotopic (exact) mass is 292 g/mol. The Labute approximate surface area is 126 Å². The Morgan fingerprint density at radius 1 is 1.14 bits per heavy atom. The van der Waals surface area contributed by atoms with Gasteiger partial charge >= 0.3 is 5.97 Å². The fourth-order valence-corrected chi connectivity index (χ4v) is 2.33. The highest BCUT2D eigenvalue weighted by Crippen LogP contribution is 2.14. The van der Waals surface area contributed by atoms with Crippen LogP contribution in [-0.4, -0.2) is 47.6 Å². The molecule has 21 heavy (non-hydrogen) atoms. The van der Waals surface area contributed by atoms with Gasteiger partial charge in [-0.2, -0.15) is 0 Å². The highest BCUT2D eigenvalue weighted by Gasteiger charge is 2.21. The van der Waals surface area contributed by atoms with Crippen LogP contribution in [0.4, 0.5) is 5.69 Å². The number of aliphatic carboxylic acids is 1. The van der Waals surface area contributed by atoms with Crippen LogP contribution < -0.4 is 4.90 Å². The van der Waals surface area contributed by atoms with Crippen LogP contribution in [0.25, 0.3) is 0 Å². The third-order valence-corrected chi connectivity index (χ3v) is 3.52. The van der Waals surface area contributed by atoms with Crippen LogP contribution in [0.2, 0.25) is 0 Å². The number of hydrogen-bond acceptors (Lipinski definition) is 3. The average molecular weight is 292 g/mol. The quantitative estimate of drug-likeness (QED) is 0.798. The zero-order valence-corrected chi connectivity index (χ0v) is 13.0. The molecular formula is C16H24N2O3. The van der Waals surface area contributed by atoms with Crippen LogP contribution in [-0.2, 0) is 9.59 Å². The summed E-state index contributed by atoms with van der Waals surface area (Å²) in [5, 5.41) is 8.87. The van der Waals surface area contributed by atoms with Gasteiger partial charge in [-0.15, -0.1) is 0 Å². The number of carbonyl (C=O) groups is 2. The van der Waals surface area contributed by atoms with E-state index in [2.05, 4.69) is 0 Å². The zero-order valence-electron chi connectivity index (χ0n) is 13.0. The Kier molecular flexibility index (Phi) is 6.88. The number of rotatable bonds is 8. The maximum Gasteiger partial charge on any atom is 0.304 e. The van der Waals surface area contributed by atoms with Crippen molar-refractivity contribution in [2.45, 2.75) is 33.2 Å². The number of likely N-dealkylation sites (N-methyl/N-ethyl adjacent to an activating group) is 2. The number of benzene rings is 1. The van der Waals surface area contributed by atoms with Crippen molar-refractivity contribution < 1.29 is 14.7 Å². The minimum absolute atomic E-state index is 0.0113. The van der Waals surface area contributed by atoms with Crippen molar-refractivity contribution in [1.29, 1.82) is 0 Å². The molecule has 5 nitrogen and oxygen atoms in total. The van der Waals surface area contributed by atoms with E-state index in [1.165, 1.54) is 0 Å². The number of anilines is 1. The lowest BCUT2D eigenvalue weighted by Crippen LogP contribution is -2.44. The molecule has 0 bridgehead atoms. The van der Waals surface area contributed by atoms with Crippen LogP contribution in [0.5, 0.6) is 0 Å². The topological polar surface area (TPSA) is 60.9 Å². The van der Waals surface area contributed by atoms with Gasteiger partial charge in [0, 0.05) is 18.3 Å². The van der Waals surface area contributed by atoms with E-state index >= 15 is 0 Å². The van der Waals surface area contributed by atoms with E-state index in [-0.39, 0.29) is 24.9 Å². The van der Waals surface area contributed by atoms with Crippen LogP contribution in [0, 0.1) is 0 Å². The van der Waals surface area contributed by atoms with Crippen molar-refractivity contribution >= 4 is 17.6 Å². The SMILES string of the molecule is CCN(C(=O)CN(CC)C(C)CC(=O)O)c1ccccc1. The van der Waals surface area contributed by atoms with Crippen molar-refractivity contribution in [2.24, 2.45) is 0 Å². The number of carboxylic acids is 1. The molecule has 0 radical (unpaired) electrons. The molecule has 0 aromatic heterocycles. The van der Waals surface area contributed by atoms with Gasteiger partial charge in [0.2, 0.25) is 5.91 Å². The van der Waals surface area contributed by atoms with E-state index in [0.29, 0.717) is 13.1 Å². The molecule has 0 saturated carbocycles. The van der Waals surface area contributed by atoms with Gasteiger partial charge in [-0.3, -0.25) is 14.5 Å². The Morgan fingerprint density at radius 3 is 2.24 bits per heavy atom. The van der Waals surface area contributed by atoms with Crippen molar-refractivity contribution in [2.75, 3.05) is 24.5 Å². The fraction of sp³-hybridized carbons (Fsp3) is 0.500. The molecule has 1 aromatic rings. The first-order chi connectivity index (χ1) is 9.99. The van der Waals surface area contributed by atoms with E-state index in [1.54, 1.807) is 4.90 Å². The van der Waals surface area contributed by atoms with Gasteiger partial charge < -0.3 is 10.0 Å². The fourth-order valence-electron chi connectivity index (χ4n) is 2.33. The summed E-state index contributed by atoms with van der Waals surface area (Å²) >= 11 is 0. The summed E-state index contributed by atoms with van der Waals surface area (Å²) in [5.41, 5.74) is 0.868. The second-order valence-corrected chi connectivity index (χ2v) is 4.98. The molecule has 0 aliphatic heterocycles. The van der Waals surface area contributed by atoms with E-state index in [1.807, 2.05) is 56.0 Å². The second-order valence-electron chi connectivity index (χ2n) is 4.98. The highest BCUT2D eigenvalue weighted by atomic mass is 16.4. The van der Waals surface area contributed by atoms with E-state index < -0.39 is 5.97 Å². The Hall–Kier alpha value is -1.88. The number of carbonyl (C=O) groups excluding carboxylic acids is 1. The molecule has 1 N–H and O–H groups in total. The molecule has 0 heterocycles. The molecule has 116 valence electrons. The van der Waals surface area contributed by atoms with Crippen molar-refractivity contribution in [3.63, 3.8) is 0 Å². The summed E-state index contributed by atoms with van der Waals surface area (Å²) in [6, 6.07) is 9.35. The van der Waals surface area contributed by atoms with Gasteiger partial charge in [0.05, 0.1) is 13.0 Å². The van der Waals surface area contributed by atoms with Crippen LogP contribution in [0.15, 0.2) is 30.3 Å². The van der Waals surface area contributed by atoms with Crippen molar-refractivity contribution in [3.8, 4) is 0 Å². The van der Waals surface area contributed by atoms with E-state index in [0.717, 1.165) is 5.69 Å². The maximum absolute atomic E-state index is 12.5. The number of nitrogens with zero attached hydrogens (tertiary/aromatic N) is 2. The minimum atomic E-state index is -0.844. The Balaban J connectivity index is 2.74. The molecule has 1 unspecified atom stereocenters. The number of carboxylic acid groups (broad SMARTS) is 1. The zero-order chi connectivity index (χ0) is 15.8. The molecule has 1 aromatic carbocycles. The van der Waals surface area contributed by atoms with E-state index in [9.17, 15) is 9.59 Å². The molecule has 1 amide bonds. The predicted molar refractivity (Wildman–Crippen MR) is 83.4 cm³/mol. The summed E-state index contributed by atoms with van der Waals surface area (Å²) < 4.78 is 0. The summed E-state index contributed by atoms with van der Waals surface area (Å²) in [7, 11) is 0. The number of amides is 1. The van der Waals surface area contributed by atoms with Gasteiger partial charge in [0.15, 0.2) is 0 Å². The normalized spacial score (nSPS) is 12.2. The van der Waals surface area contributed by atoms with Gasteiger partial charge in [-0.1, -0.05) is 25.1 Å². The smallest absolute Gasteiger partial charge is 0.304 e. The molecule has 0 fully saturated rings. The van der Waals surface area contributed by atoms with Gasteiger partial charge in [0.1, 0.15) is 0 Å². The molecule has 5 heteroatoms. The number of hydrogen-bond donors (Lipinski definition) is 1. The third-order valence-electron chi connectivity index (χ3n) is 3.52. The van der Waals surface area contributed by atoms with Crippen LogP contribution in [0.1, 0.15) is 27.2 Å². The Morgan fingerprint density at radius 2 is 1.76 bits per heavy atom. The van der Waals surface area contributed by atoms with Crippen molar-refractivity contribution in [3.05, 3.63) is 30.3 Å². The Bertz CT molecular complexity index is 462. The lowest BCUT2D eigenvalue weighted by atomic mass is 10.2. The third kappa shape index (κ3) is 5.19. The first kappa shape index (κ1) is 17.2. The number of para-hydroxylation sites is 1. The van der Waals surface area contributed by atoms with Gasteiger partial charge in [-0.05, 0) is 32.5 Å². The first-order valence-electron chi connectivity index (χ1n) is 7.30. The molecule has 0 saturated heterocycles. The first-order valence-corrected chi connectivity index (χ1v) is 7.30. The highest BCUT2D eigenvalue weighted by molar-refractivity contribution is 5.94. The van der Waals surface area contributed by atoms with Crippen LogP contribution >= 0.6 is 0 Å². The minimum Gasteiger partial charge on any atom is -0.481 e. The summed E-state index contributed by atoms with van der Waals surface area (Å²) in [6.45, 7) is 7.17. The molecular weight excluding hydrogens is 268 g/mol. The summed E-state index contributed by atoms with van der Waals surface area (Å²) in [5.74, 6) is -0.855. The lowest BCUT2D eigenvalue weighted by molar-refractivity contribution is -0.138. The van der Waals surface area contributed by atoms with Crippen LogP contribution in [0.3, 0.4) is 0 Å². The standard InChI is InChI=1S/C16H24N2O3/c1-4-17(13(3)11-16(20)21)12-15(19)18(5-2)14-9-7-6-8-10-14/h6-10,13H,4-5,11-12H2,1-3H3,(H,20,21). The van der Waals surface area contributed by atoms with Crippen molar-refractivity contribution in [1.82, 2.24) is 4.90 Å². The van der Waals surface area contributed by atoms with E-state index in [4.69, 9.17) is 5.11 Å².